The molecule has 0 aliphatic rings. The molecule has 0 spiro atoms. The standard InChI is InChI=1S/C18H18N2O5/c1-2-24-17(22)12-6-8-15(9-7-12)20-16(21)11-25-18(23)13-4-3-5-14(19)10-13/h3-10H,2,11,19H2,1H3,(H,20,21). The molecule has 3 N–H and O–H groups in total. The van der Waals surface area contributed by atoms with Crippen molar-refractivity contribution in [1.82, 2.24) is 0 Å². The molecule has 0 heterocycles. The summed E-state index contributed by atoms with van der Waals surface area (Å²) in [4.78, 5) is 35.2. The lowest BCUT2D eigenvalue weighted by atomic mass is 10.2. The van der Waals surface area contributed by atoms with E-state index in [9.17, 15) is 14.4 Å². The first kappa shape index (κ1) is 18.0. The molecule has 7 heteroatoms. The number of amides is 1. The summed E-state index contributed by atoms with van der Waals surface area (Å²) in [6.07, 6.45) is 0. The van der Waals surface area contributed by atoms with E-state index in [1.165, 1.54) is 18.2 Å². The maximum absolute atomic E-state index is 11.8. The van der Waals surface area contributed by atoms with Crippen molar-refractivity contribution in [3.05, 3.63) is 59.7 Å². The highest BCUT2D eigenvalue weighted by Gasteiger charge is 2.11. The fraction of sp³-hybridized carbons (Fsp3) is 0.167. The first-order valence-electron chi connectivity index (χ1n) is 7.59. The first-order valence-corrected chi connectivity index (χ1v) is 7.59. The number of hydrogen-bond donors (Lipinski definition) is 2. The van der Waals surface area contributed by atoms with Crippen molar-refractivity contribution in [2.75, 3.05) is 24.3 Å². The summed E-state index contributed by atoms with van der Waals surface area (Å²) >= 11 is 0. The molecule has 0 aliphatic carbocycles. The second-order valence-corrected chi connectivity index (χ2v) is 5.05. The Hall–Kier alpha value is -3.35. The number of carbonyl (C=O) groups excluding carboxylic acids is 3. The van der Waals surface area contributed by atoms with E-state index in [-0.39, 0.29) is 12.2 Å². The number of rotatable bonds is 6. The molecule has 1 amide bonds. The fourth-order valence-electron chi connectivity index (χ4n) is 1.98. The normalized spacial score (nSPS) is 9.96. The maximum atomic E-state index is 11.8. The number of carbonyl (C=O) groups is 3. The molecule has 0 fully saturated rings. The predicted octanol–water partition coefficient (Wildman–Crippen LogP) is 2.24. The fourth-order valence-corrected chi connectivity index (χ4v) is 1.98. The van der Waals surface area contributed by atoms with E-state index in [2.05, 4.69) is 5.32 Å². The molecule has 0 unspecified atom stereocenters. The molecule has 0 radical (unpaired) electrons. The van der Waals surface area contributed by atoms with Gasteiger partial charge in [-0.3, -0.25) is 4.79 Å². The van der Waals surface area contributed by atoms with Crippen LogP contribution in [0.5, 0.6) is 0 Å². The number of nitrogen functional groups attached to an aromatic ring is 1. The third-order valence-electron chi connectivity index (χ3n) is 3.14. The Morgan fingerprint density at radius 1 is 0.960 bits per heavy atom. The van der Waals surface area contributed by atoms with Crippen LogP contribution in [0.4, 0.5) is 11.4 Å². The molecule has 0 aliphatic heterocycles. The Labute approximate surface area is 144 Å². The summed E-state index contributed by atoms with van der Waals surface area (Å²) in [5.74, 6) is -1.57. The molecule has 0 aromatic heterocycles. The van der Waals surface area contributed by atoms with Gasteiger partial charge in [0.2, 0.25) is 0 Å². The lowest BCUT2D eigenvalue weighted by Gasteiger charge is -2.08. The number of hydrogen-bond acceptors (Lipinski definition) is 6. The molecule has 7 nitrogen and oxygen atoms in total. The first-order chi connectivity index (χ1) is 12.0. The van der Waals surface area contributed by atoms with Crippen LogP contribution >= 0.6 is 0 Å². The van der Waals surface area contributed by atoms with Crippen molar-refractivity contribution in [3.8, 4) is 0 Å². The topological polar surface area (TPSA) is 108 Å². The van der Waals surface area contributed by atoms with Crippen LogP contribution in [-0.4, -0.2) is 31.1 Å². The molecule has 0 saturated carbocycles. The molecule has 2 aromatic rings. The van der Waals surface area contributed by atoms with Gasteiger partial charge in [-0.1, -0.05) is 6.07 Å². The minimum atomic E-state index is -0.639. The van der Waals surface area contributed by atoms with Gasteiger partial charge in [-0.2, -0.15) is 0 Å². The van der Waals surface area contributed by atoms with Crippen LogP contribution in [0.1, 0.15) is 27.6 Å². The van der Waals surface area contributed by atoms with Gasteiger partial charge in [0.1, 0.15) is 0 Å². The van der Waals surface area contributed by atoms with E-state index < -0.39 is 24.5 Å². The van der Waals surface area contributed by atoms with Gasteiger partial charge >= 0.3 is 11.9 Å². The van der Waals surface area contributed by atoms with Gasteiger partial charge in [-0.15, -0.1) is 0 Å². The summed E-state index contributed by atoms with van der Waals surface area (Å²) in [7, 11) is 0. The minimum absolute atomic E-state index is 0.270. The maximum Gasteiger partial charge on any atom is 0.338 e. The predicted molar refractivity (Wildman–Crippen MR) is 92.2 cm³/mol. The van der Waals surface area contributed by atoms with E-state index in [4.69, 9.17) is 15.2 Å². The monoisotopic (exact) mass is 342 g/mol. The summed E-state index contributed by atoms with van der Waals surface area (Å²) in [5.41, 5.74) is 7.14. The van der Waals surface area contributed by atoms with Crippen molar-refractivity contribution in [3.63, 3.8) is 0 Å². The van der Waals surface area contributed by atoms with Crippen molar-refractivity contribution in [2.45, 2.75) is 6.92 Å². The second kappa shape index (κ2) is 8.49. The van der Waals surface area contributed by atoms with Gasteiger partial charge in [-0.25, -0.2) is 9.59 Å². The summed E-state index contributed by atoms with van der Waals surface area (Å²) in [5, 5.41) is 2.57. The smallest absolute Gasteiger partial charge is 0.338 e. The van der Waals surface area contributed by atoms with E-state index >= 15 is 0 Å². The molecule has 0 atom stereocenters. The van der Waals surface area contributed by atoms with Gasteiger partial charge in [0.25, 0.3) is 5.91 Å². The van der Waals surface area contributed by atoms with Crippen molar-refractivity contribution in [1.29, 1.82) is 0 Å². The van der Waals surface area contributed by atoms with Gasteiger partial charge < -0.3 is 20.5 Å². The molecule has 2 aromatic carbocycles. The Morgan fingerprint density at radius 2 is 1.64 bits per heavy atom. The number of anilines is 2. The van der Waals surface area contributed by atoms with Crippen molar-refractivity contribution in [2.24, 2.45) is 0 Å². The van der Waals surface area contributed by atoms with Crippen molar-refractivity contribution < 1.29 is 23.9 Å². The SMILES string of the molecule is CCOC(=O)c1ccc(NC(=O)COC(=O)c2cccc(N)c2)cc1. The van der Waals surface area contributed by atoms with E-state index in [1.54, 1.807) is 37.3 Å². The van der Waals surface area contributed by atoms with Gasteiger partial charge in [-0.05, 0) is 49.4 Å². The molecular formula is C18H18N2O5. The Kier molecular flexibility index (Phi) is 6.11. The van der Waals surface area contributed by atoms with E-state index in [1.807, 2.05) is 0 Å². The van der Waals surface area contributed by atoms with Crippen LogP contribution in [0.2, 0.25) is 0 Å². The van der Waals surface area contributed by atoms with Gasteiger partial charge in [0.15, 0.2) is 6.61 Å². The zero-order valence-corrected chi connectivity index (χ0v) is 13.7. The molecular weight excluding hydrogens is 324 g/mol. The largest absolute Gasteiger partial charge is 0.462 e. The van der Waals surface area contributed by atoms with Crippen molar-refractivity contribution >= 4 is 29.2 Å². The Balaban J connectivity index is 1.86. The number of nitrogens with two attached hydrogens (primary N) is 1. The van der Waals surface area contributed by atoms with Crippen LogP contribution in [-0.2, 0) is 14.3 Å². The number of ether oxygens (including phenoxy) is 2. The minimum Gasteiger partial charge on any atom is -0.462 e. The molecule has 130 valence electrons. The molecule has 25 heavy (non-hydrogen) atoms. The highest BCUT2D eigenvalue weighted by molar-refractivity contribution is 5.96. The zero-order chi connectivity index (χ0) is 18.2. The number of nitrogens with one attached hydrogen (secondary N) is 1. The average Bonchev–Trinajstić information content (AvgIpc) is 2.60. The van der Waals surface area contributed by atoms with E-state index in [0.29, 0.717) is 16.9 Å². The third-order valence-corrected chi connectivity index (χ3v) is 3.14. The second-order valence-electron chi connectivity index (χ2n) is 5.05. The Morgan fingerprint density at radius 3 is 2.28 bits per heavy atom. The summed E-state index contributed by atoms with van der Waals surface area (Å²) < 4.78 is 9.80. The van der Waals surface area contributed by atoms with Crippen LogP contribution in [0.25, 0.3) is 0 Å². The molecule has 2 rings (SSSR count). The highest BCUT2D eigenvalue weighted by Crippen LogP contribution is 2.11. The number of esters is 2. The van der Waals surface area contributed by atoms with Crippen LogP contribution in [0, 0.1) is 0 Å². The molecule has 0 bridgehead atoms. The average molecular weight is 342 g/mol. The summed E-state index contributed by atoms with van der Waals surface area (Å²) in [6, 6.07) is 12.5. The zero-order valence-electron chi connectivity index (χ0n) is 13.7. The van der Waals surface area contributed by atoms with Crippen LogP contribution in [0.15, 0.2) is 48.5 Å². The number of benzene rings is 2. The highest BCUT2D eigenvalue weighted by atomic mass is 16.5. The van der Waals surface area contributed by atoms with Crippen LogP contribution < -0.4 is 11.1 Å². The molecule has 0 saturated heterocycles. The van der Waals surface area contributed by atoms with Crippen LogP contribution in [0.3, 0.4) is 0 Å². The van der Waals surface area contributed by atoms with Gasteiger partial charge in [0.05, 0.1) is 17.7 Å². The quantitative estimate of drug-likeness (QED) is 0.616. The van der Waals surface area contributed by atoms with Gasteiger partial charge in [0, 0.05) is 11.4 Å². The van der Waals surface area contributed by atoms with E-state index in [0.717, 1.165) is 0 Å². The summed E-state index contributed by atoms with van der Waals surface area (Å²) in [6.45, 7) is 1.57. The lowest BCUT2D eigenvalue weighted by molar-refractivity contribution is -0.119. The lowest BCUT2D eigenvalue weighted by Crippen LogP contribution is -2.21. The Bertz CT molecular complexity index is 771. The third kappa shape index (κ3) is 5.35.